The lowest BCUT2D eigenvalue weighted by molar-refractivity contribution is 0.183. The number of rotatable bonds is 5. The topological polar surface area (TPSA) is 23.5 Å². The van der Waals surface area contributed by atoms with E-state index < -0.39 is 0 Å². The van der Waals surface area contributed by atoms with Crippen molar-refractivity contribution in [3.05, 3.63) is 33.8 Å². The van der Waals surface area contributed by atoms with Gasteiger partial charge in [-0.1, -0.05) is 23.2 Å². The van der Waals surface area contributed by atoms with Crippen LogP contribution < -0.4 is 0 Å². The van der Waals surface area contributed by atoms with Crippen LogP contribution in [0.15, 0.2) is 18.2 Å². The highest BCUT2D eigenvalue weighted by Gasteiger charge is 2.28. The van der Waals surface area contributed by atoms with Crippen molar-refractivity contribution in [1.82, 2.24) is 4.90 Å². The van der Waals surface area contributed by atoms with Gasteiger partial charge < -0.3 is 5.11 Å². The van der Waals surface area contributed by atoms with E-state index in [0.717, 1.165) is 17.1 Å². The van der Waals surface area contributed by atoms with Gasteiger partial charge in [0.1, 0.15) is 0 Å². The third-order valence-electron chi connectivity index (χ3n) is 2.83. The second-order valence-corrected chi connectivity index (χ2v) is 5.00. The number of benzene rings is 1. The maximum atomic E-state index is 9.01. The van der Waals surface area contributed by atoms with Gasteiger partial charge in [-0.3, -0.25) is 4.90 Å². The quantitative estimate of drug-likeness (QED) is 0.879. The highest BCUT2D eigenvalue weighted by Crippen LogP contribution is 2.30. The lowest BCUT2D eigenvalue weighted by atomic mass is 10.2. The molecule has 0 heterocycles. The van der Waals surface area contributed by atoms with E-state index in [1.165, 1.54) is 12.8 Å². The largest absolute Gasteiger partial charge is 0.395 e. The van der Waals surface area contributed by atoms with Crippen LogP contribution in [0.4, 0.5) is 0 Å². The summed E-state index contributed by atoms with van der Waals surface area (Å²) < 4.78 is 0. The average Bonchev–Trinajstić information content (AvgIpc) is 3.06. The molecule has 0 radical (unpaired) electrons. The zero-order valence-electron chi connectivity index (χ0n) is 9.00. The molecule has 4 heteroatoms. The average molecular weight is 260 g/mol. The molecule has 1 saturated carbocycles. The Balaban J connectivity index is 2.08. The van der Waals surface area contributed by atoms with Crippen LogP contribution in [-0.4, -0.2) is 29.2 Å². The molecule has 1 fully saturated rings. The van der Waals surface area contributed by atoms with Crippen molar-refractivity contribution in [1.29, 1.82) is 0 Å². The molecule has 0 amide bonds. The number of hydrogen-bond acceptors (Lipinski definition) is 2. The minimum atomic E-state index is 0.189. The summed E-state index contributed by atoms with van der Waals surface area (Å²) in [7, 11) is 0. The number of aliphatic hydroxyl groups is 1. The van der Waals surface area contributed by atoms with E-state index in [1.54, 1.807) is 6.07 Å². The van der Waals surface area contributed by atoms with Gasteiger partial charge in [0.25, 0.3) is 0 Å². The molecule has 88 valence electrons. The standard InChI is InChI=1S/C12H15Cl2NO/c13-10-1-4-12(14)9(7-10)8-15(5-6-16)11-2-3-11/h1,4,7,11,16H,2-3,5-6,8H2. The van der Waals surface area contributed by atoms with Gasteiger partial charge in [0.15, 0.2) is 0 Å². The van der Waals surface area contributed by atoms with Crippen LogP contribution >= 0.6 is 23.2 Å². The highest BCUT2D eigenvalue weighted by atomic mass is 35.5. The molecule has 1 aliphatic rings. The van der Waals surface area contributed by atoms with Gasteiger partial charge >= 0.3 is 0 Å². The van der Waals surface area contributed by atoms with Crippen molar-refractivity contribution in [3.63, 3.8) is 0 Å². The first-order chi connectivity index (χ1) is 7.70. The molecule has 0 aromatic heterocycles. The SMILES string of the molecule is OCCN(Cc1cc(Cl)ccc1Cl)C1CC1. The molecule has 2 nitrogen and oxygen atoms in total. The molecule has 1 aliphatic carbocycles. The Morgan fingerprint density at radius 1 is 1.31 bits per heavy atom. The normalized spacial score (nSPS) is 15.8. The monoisotopic (exact) mass is 259 g/mol. The molecule has 0 aliphatic heterocycles. The second kappa shape index (κ2) is 5.37. The molecule has 0 unspecified atom stereocenters. The summed E-state index contributed by atoms with van der Waals surface area (Å²) in [4.78, 5) is 2.26. The molecule has 16 heavy (non-hydrogen) atoms. The summed E-state index contributed by atoms with van der Waals surface area (Å²) >= 11 is 12.1. The Bertz CT molecular complexity index is 366. The van der Waals surface area contributed by atoms with Crippen LogP contribution in [-0.2, 0) is 6.54 Å². The van der Waals surface area contributed by atoms with Crippen LogP contribution in [0.25, 0.3) is 0 Å². The Hall–Kier alpha value is -0.280. The fourth-order valence-electron chi connectivity index (χ4n) is 1.84. The maximum Gasteiger partial charge on any atom is 0.0558 e. The summed E-state index contributed by atoms with van der Waals surface area (Å²) in [5, 5.41) is 10.5. The van der Waals surface area contributed by atoms with E-state index in [2.05, 4.69) is 4.90 Å². The van der Waals surface area contributed by atoms with Gasteiger partial charge in [0.05, 0.1) is 6.61 Å². The predicted molar refractivity (Wildman–Crippen MR) is 67.0 cm³/mol. The number of halogens is 2. The third kappa shape index (κ3) is 3.11. The van der Waals surface area contributed by atoms with Crippen molar-refractivity contribution in [3.8, 4) is 0 Å². The molecule has 2 rings (SSSR count). The minimum absolute atomic E-state index is 0.189. The molecule has 1 N–H and O–H groups in total. The lowest BCUT2D eigenvalue weighted by Crippen LogP contribution is -2.28. The third-order valence-corrected chi connectivity index (χ3v) is 3.44. The van der Waals surface area contributed by atoms with Gasteiger partial charge in [-0.15, -0.1) is 0 Å². The first-order valence-corrected chi connectivity index (χ1v) is 6.25. The fraction of sp³-hybridized carbons (Fsp3) is 0.500. The maximum absolute atomic E-state index is 9.01. The van der Waals surface area contributed by atoms with Gasteiger partial charge in [-0.25, -0.2) is 0 Å². The summed E-state index contributed by atoms with van der Waals surface area (Å²) in [6.45, 7) is 1.66. The van der Waals surface area contributed by atoms with Crippen LogP contribution in [0.2, 0.25) is 10.0 Å². The van der Waals surface area contributed by atoms with E-state index in [-0.39, 0.29) is 6.61 Å². The van der Waals surface area contributed by atoms with E-state index in [9.17, 15) is 0 Å². The summed E-state index contributed by atoms with van der Waals surface area (Å²) in [6, 6.07) is 6.13. The van der Waals surface area contributed by atoms with Gasteiger partial charge in [-0.05, 0) is 36.6 Å². The van der Waals surface area contributed by atoms with E-state index in [0.29, 0.717) is 17.6 Å². The summed E-state index contributed by atoms with van der Waals surface area (Å²) in [6.07, 6.45) is 2.44. The van der Waals surface area contributed by atoms with E-state index in [4.69, 9.17) is 28.3 Å². The predicted octanol–water partition coefficient (Wildman–Crippen LogP) is 2.95. The van der Waals surface area contributed by atoms with Crippen molar-refractivity contribution in [2.24, 2.45) is 0 Å². The van der Waals surface area contributed by atoms with Crippen molar-refractivity contribution >= 4 is 23.2 Å². The van der Waals surface area contributed by atoms with Crippen LogP contribution in [0, 0.1) is 0 Å². The van der Waals surface area contributed by atoms with Gasteiger partial charge in [0.2, 0.25) is 0 Å². The van der Waals surface area contributed by atoms with Crippen molar-refractivity contribution in [2.75, 3.05) is 13.2 Å². The summed E-state index contributed by atoms with van der Waals surface area (Å²) in [5.74, 6) is 0. The lowest BCUT2D eigenvalue weighted by Gasteiger charge is -2.21. The number of nitrogens with zero attached hydrogens (tertiary/aromatic N) is 1. The molecular weight excluding hydrogens is 245 g/mol. The Morgan fingerprint density at radius 3 is 2.69 bits per heavy atom. The van der Waals surface area contributed by atoms with Crippen LogP contribution in [0.1, 0.15) is 18.4 Å². The van der Waals surface area contributed by atoms with Crippen LogP contribution in [0.3, 0.4) is 0 Å². The molecule has 0 saturated heterocycles. The molecule has 0 spiro atoms. The highest BCUT2D eigenvalue weighted by molar-refractivity contribution is 6.33. The fourth-order valence-corrected chi connectivity index (χ4v) is 2.21. The molecule has 0 atom stereocenters. The Morgan fingerprint density at radius 2 is 2.06 bits per heavy atom. The van der Waals surface area contributed by atoms with Gasteiger partial charge in [-0.2, -0.15) is 0 Å². The first kappa shape index (κ1) is 12.2. The number of aliphatic hydroxyl groups excluding tert-OH is 1. The van der Waals surface area contributed by atoms with Gasteiger partial charge in [0, 0.05) is 29.2 Å². The van der Waals surface area contributed by atoms with E-state index in [1.807, 2.05) is 12.1 Å². The molecule has 1 aromatic rings. The van der Waals surface area contributed by atoms with Crippen molar-refractivity contribution < 1.29 is 5.11 Å². The Labute approximate surface area is 106 Å². The minimum Gasteiger partial charge on any atom is -0.395 e. The summed E-state index contributed by atoms with van der Waals surface area (Å²) in [5.41, 5.74) is 1.04. The Kier molecular flexibility index (Phi) is 4.09. The molecule has 1 aromatic carbocycles. The first-order valence-electron chi connectivity index (χ1n) is 5.49. The molecular formula is C12H15Cl2NO. The smallest absolute Gasteiger partial charge is 0.0558 e. The van der Waals surface area contributed by atoms with E-state index >= 15 is 0 Å². The van der Waals surface area contributed by atoms with Crippen LogP contribution in [0.5, 0.6) is 0 Å². The zero-order chi connectivity index (χ0) is 11.5. The zero-order valence-corrected chi connectivity index (χ0v) is 10.5. The second-order valence-electron chi connectivity index (χ2n) is 4.16. The molecule has 0 bridgehead atoms. The van der Waals surface area contributed by atoms with Crippen molar-refractivity contribution in [2.45, 2.75) is 25.4 Å². The number of hydrogen-bond donors (Lipinski definition) is 1.